The van der Waals surface area contributed by atoms with Gasteiger partial charge >= 0.3 is 0 Å². The van der Waals surface area contributed by atoms with Gasteiger partial charge in [-0.15, -0.1) is 0 Å². The zero-order valence-corrected chi connectivity index (χ0v) is 13.8. The number of pyridine rings is 1. The van der Waals surface area contributed by atoms with E-state index in [1.807, 2.05) is 24.3 Å². The van der Waals surface area contributed by atoms with Crippen LogP contribution in [0.15, 0.2) is 60.8 Å². The lowest BCUT2D eigenvalue weighted by Crippen LogP contribution is -2.46. The van der Waals surface area contributed by atoms with Crippen LogP contribution in [0.2, 0.25) is 0 Å². The van der Waals surface area contributed by atoms with Crippen LogP contribution in [-0.4, -0.2) is 34.9 Å². The molecule has 1 aromatic heterocycles. The molecule has 1 aliphatic heterocycles. The number of amides is 1. The summed E-state index contributed by atoms with van der Waals surface area (Å²) in [5.74, 6) is -0.0489. The Morgan fingerprint density at radius 1 is 1.21 bits per heavy atom. The Morgan fingerprint density at radius 2 is 2.04 bits per heavy atom. The Balaban J connectivity index is 1.50. The van der Waals surface area contributed by atoms with Crippen molar-refractivity contribution in [2.24, 2.45) is 0 Å². The molecule has 1 amide bonds. The summed E-state index contributed by atoms with van der Waals surface area (Å²) in [7, 11) is 0. The molecule has 0 spiro atoms. The summed E-state index contributed by atoms with van der Waals surface area (Å²) in [6.45, 7) is 2.93. The van der Waals surface area contributed by atoms with Gasteiger partial charge in [0.25, 0.3) is 0 Å². The van der Waals surface area contributed by atoms with Gasteiger partial charge in [-0.2, -0.15) is 0 Å². The molecular formula is C20H23N3O. The van der Waals surface area contributed by atoms with Crippen LogP contribution in [0, 0.1) is 0 Å². The van der Waals surface area contributed by atoms with Gasteiger partial charge in [-0.05, 0) is 43.2 Å². The molecule has 0 bridgehead atoms. The summed E-state index contributed by atoms with van der Waals surface area (Å²) in [6, 6.07) is 16.3. The largest absolute Gasteiger partial charge is 0.349 e. The van der Waals surface area contributed by atoms with Crippen LogP contribution in [0.4, 0.5) is 0 Å². The van der Waals surface area contributed by atoms with Crippen molar-refractivity contribution in [2.75, 3.05) is 13.1 Å². The van der Waals surface area contributed by atoms with Gasteiger partial charge in [0, 0.05) is 31.4 Å². The fourth-order valence-corrected chi connectivity index (χ4v) is 3.04. The third-order valence-corrected chi connectivity index (χ3v) is 4.19. The molecule has 1 atom stereocenters. The standard InChI is InChI=1S/C20H23N3O/c24-20(12-11-18-9-4-5-13-21-18)22-19-10-6-14-23(16-19)15-17-7-2-1-3-8-17/h1-5,7-9,11-13,19H,6,10,14-16H2,(H,22,24)/b12-11+. The number of hydrogen-bond donors (Lipinski definition) is 1. The Hall–Kier alpha value is -2.46. The van der Waals surface area contributed by atoms with Crippen molar-refractivity contribution in [2.45, 2.75) is 25.4 Å². The molecular weight excluding hydrogens is 298 g/mol. The van der Waals surface area contributed by atoms with E-state index >= 15 is 0 Å². The van der Waals surface area contributed by atoms with Gasteiger partial charge in [0.1, 0.15) is 0 Å². The molecule has 4 heteroatoms. The molecule has 2 heterocycles. The van der Waals surface area contributed by atoms with E-state index in [1.165, 1.54) is 5.56 Å². The monoisotopic (exact) mass is 321 g/mol. The molecule has 124 valence electrons. The fraction of sp³-hybridized carbons (Fsp3) is 0.300. The molecule has 1 unspecified atom stereocenters. The smallest absolute Gasteiger partial charge is 0.244 e. The average molecular weight is 321 g/mol. The molecule has 3 rings (SSSR count). The predicted octanol–water partition coefficient (Wildman–Crippen LogP) is 2.88. The quantitative estimate of drug-likeness (QED) is 0.861. The molecule has 0 radical (unpaired) electrons. The summed E-state index contributed by atoms with van der Waals surface area (Å²) >= 11 is 0. The molecule has 1 fully saturated rings. The predicted molar refractivity (Wildman–Crippen MR) is 96.2 cm³/mol. The second kappa shape index (κ2) is 8.41. The third-order valence-electron chi connectivity index (χ3n) is 4.19. The minimum Gasteiger partial charge on any atom is -0.349 e. The molecule has 1 aliphatic rings. The summed E-state index contributed by atoms with van der Waals surface area (Å²) in [5, 5.41) is 3.11. The number of rotatable bonds is 5. The molecule has 2 aromatic rings. The van der Waals surface area contributed by atoms with Crippen LogP contribution in [-0.2, 0) is 11.3 Å². The number of likely N-dealkylation sites (tertiary alicyclic amines) is 1. The van der Waals surface area contributed by atoms with Crippen LogP contribution < -0.4 is 5.32 Å². The highest BCUT2D eigenvalue weighted by atomic mass is 16.1. The van der Waals surface area contributed by atoms with Gasteiger partial charge < -0.3 is 5.32 Å². The maximum atomic E-state index is 12.1. The van der Waals surface area contributed by atoms with E-state index in [0.29, 0.717) is 0 Å². The van der Waals surface area contributed by atoms with E-state index in [-0.39, 0.29) is 11.9 Å². The van der Waals surface area contributed by atoms with Gasteiger partial charge in [-0.25, -0.2) is 0 Å². The van der Waals surface area contributed by atoms with E-state index in [4.69, 9.17) is 0 Å². The van der Waals surface area contributed by atoms with E-state index in [2.05, 4.69) is 39.5 Å². The van der Waals surface area contributed by atoms with Crippen molar-refractivity contribution in [3.8, 4) is 0 Å². The molecule has 1 aromatic carbocycles. The first-order valence-electron chi connectivity index (χ1n) is 8.45. The number of benzene rings is 1. The maximum Gasteiger partial charge on any atom is 0.244 e. The highest BCUT2D eigenvalue weighted by molar-refractivity contribution is 5.91. The van der Waals surface area contributed by atoms with Crippen LogP contribution >= 0.6 is 0 Å². The van der Waals surface area contributed by atoms with E-state index in [0.717, 1.165) is 38.2 Å². The highest BCUT2D eigenvalue weighted by Gasteiger charge is 2.20. The number of carbonyl (C=O) groups is 1. The van der Waals surface area contributed by atoms with Crippen molar-refractivity contribution in [1.29, 1.82) is 0 Å². The van der Waals surface area contributed by atoms with Crippen LogP contribution in [0.5, 0.6) is 0 Å². The molecule has 24 heavy (non-hydrogen) atoms. The molecule has 0 saturated carbocycles. The summed E-state index contributed by atoms with van der Waals surface area (Å²) in [4.78, 5) is 18.7. The van der Waals surface area contributed by atoms with Crippen LogP contribution in [0.1, 0.15) is 24.1 Å². The van der Waals surface area contributed by atoms with Gasteiger partial charge in [-0.1, -0.05) is 36.4 Å². The summed E-state index contributed by atoms with van der Waals surface area (Å²) in [6.07, 6.45) is 7.19. The highest BCUT2D eigenvalue weighted by Crippen LogP contribution is 2.13. The number of carbonyl (C=O) groups excluding carboxylic acids is 1. The van der Waals surface area contributed by atoms with E-state index in [1.54, 1.807) is 18.3 Å². The SMILES string of the molecule is O=C(/C=C/c1ccccn1)NC1CCCN(Cc2ccccc2)C1. The first kappa shape index (κ1) is 16.4. The lowest BCUT2D eigenvalue weighted by molar-refractivity contribution is -0.117. The average Bonchev–Trinajstić information content (AvgIpc) is 2.62. The number of nitrogens with one attached hydrogen (secondary N) is 1. The van der Waals surface area contributed by atoms with Gasteiger partial charge in [0.2, 0.25) is 5.91 Å². The first-order chi connectivity index (χ1) is 11.8. The van der Waals surface area contributed by atoms with Crippen LogP contribution in [0.3, 0.4) is 0 Å². The first-order valence-corrected chi connectivity index (χ1v) is 8.45. The Kier molecular flexibility index (Phi) is 5.75. The Bertz CT molecular complexity index is 670. The normalized spacial score (nSPS) is 18.6. The van der Waals surface area contributed by atoms with Crippen molar-refractivity contribution < 1.29 is 4.79 Å². The maximum absolute atomic E-state index is 12.1. The number of piperidine rings is 1. The second-order valence-electron chi connectivity index (χ2n) is 6.16. The zero-order chi connectivity index (χ0) is 16.6. The Morgan fingerprint density at radius 3 is 2.83 bits per heavy atom. The third kappa shape index (κ3) is 5.03. The summed E-state index contributed by atoms with van der Waals surface area (Å²) < 4.78 is 0. The number of hydrogen-bond acceptors (Lipinski definition) is 3. The van der Waals surface area contributed by atoms with Crippen LogP contribution in [0.25, 0.3) is 6.08 Å². The Labute approximate surface area is 143 Å². The molecule has 4 nitrogen and oxygen atoms in total. The summed E-state index contributed by atoms with van der Waals surface area (Å²) in [5.41, 5.74) is 2.11. The zero-order valence-electron chi connectivity index (χ0n) is 13.8. The van der Waals surface area contributed by atoms with Gasteiger partial charge in [0.05, 0.1) is 5.69 Å². The lowest BCUT2D eigenvalue weighted by atomic mass is 10.0. The lowest BCUT2D eigenvalue weighted by Gasteiger charge is -2.33. The molecule has 0 aliphatic carbocycles. The van der Waals surface area contributed by atoms with Crippen molar-refractivity contribution in [1.82, 2.24) is 15.2 Å². The fourth-order valence-electron chi connectivity index (χ4n) is 3.04. The topological polar surface area (TPSA) is 45.2 Å². The van der Waals surface area contributed by atoms with Crippen molar-refractivity contribution in [3.05, 3.63) is 72.1 Å². The minimum atomic E-state index is -0.0489. The number of nitrogens with zero attached hydrogens (tertiary/aromatic N) is 2. The van der Waals surface area contributed by atoms with Gasteiger partial charge in [-0.3, -0.25) is 14.7 Å². The van der Waals surface area contributed by atoms with Gasteiger partial charge in [0.15, 0.2) is 0 Å². The molecule has 1 saturated heterocycles. The van der Waals surface area contributed by atoms with E-state index < -0.39 is 0 Å². The van der Waals surface area contributed by atoms with Crippen molar-refractivity contribution in [3.63, 3.8) is 0 Å². The van der Waals surface area contributed by atoms with Crippen molar-refractivity contribution >= 4 is 12.0 Å². The van der Waals surface area contributed by atoms with E-state index in [9.17, 15) is 4.79 Å². The number of aromatic nitrogens is 1. The second-order valence-corrected chi connectivity index (χ2v) is 6.16. The molecule has 1 N–H and O–H groups in total. The minimum absolute atomic E-state index is 0.0489.